The zero-order chi connectivity index (χ0) is 15.7. The molecule has 1 aromatic rings. The van der Waals surface area contributed by atoms with E-state index in [0.29, 0.717) is 25.8 Å². The first-order valence-electron chi connectivity index (χ1n) is 6.68. The van der Waals surface area contributed by atoms with Gasteiger partial charge in [-0.3, -0.25) is 0 Å². The summed E-state index contributed by atoms with van der Waals surface area (Å²) >= 11 is 5.91. The summed E-state index contributed by atoms with van der Waals surface area (Å²) in [5, 5.41) is 19.0. The van der Waals surface area contributed by atoms with Crippen molar-refractivity contribution < 1.29 is 13.5 Å². The number of hydrogen-bond acceptors (Lipinski definition) is 4. The van der Waals surface area contributed by atoms with Gasteiger partial charge in [-0.2, -0.15) is 9.57 Å². The predicted octanol–water partition coefficient (Wildman–Crippen LogP) is 2.14. The third-order valence-corrected chi connectivity index (χ3v) is 5.93. The first-order chi connectivity index (χ1) is 9.76. The Morgan fingerprint density at radius 1 is 1.38 bits per heavy atom. The molecule has 0 spiro atoms. The van der Waals surface area contributed by atoms with Crippen molar-refractivity contribution in [1.29, 1.82) is 5.26 Å². The van der Waals surface area contributed by atoms with Gasteiger partial charge in [-0.15, -0.1) is 0 Å². The van der Waals surface area contributed by atoms with Crippen molar-refractivity contribution in [2.75, 3.05) is 13.1 Å². The van der Waals surface area contributed by atoms with Gasteiger partial charge in [0.25, 0.3) is 0 Å². The second kappa shape index (κ2) is 5.93. The lowest BCUT2D eigenvalue weighted by Gasteiger charge is -2.22. The second-order valence-electron chi connectivity index (χ2n) is 5.51. The molecule has 1 saturated heterocycles. The maximum Gasteiger partial charge on any atom is 0.243 e. The van der Waals surface area contributed by atoms with Crippen LogP contribution in [-0.2, 0) is 10.0 Å². The molecule has 7 heteroatoms. The molecule has 5 nitrogen and oxygen atoms in total. The summed E-state index contributed by atoms with van der Waals surface area (Å²) in [4.78, 5) is 0.0769. The molecular weight excluding hydrogens is 312 g/mol. The lowest BCUT2D eigenvalue weighted by molar-refractivity contribution is 0.0465. The van der Waals surface area contributed by atoms with Crippen LogP contribution in [-0.4, -0.2) is 36.5 Å². The highest BCUT2D eigenvalue weighted by Crippen LogP contribution is 2.27. The van der Waals surface area contributed by atoms with Gasteiger partial charge in [0.05, 0.1) is 21.1 Å². The highest BCUT2D eigenvalue weighted by molar-refractivity contribution is 7.89. The van der Waals surface area contributed by atoms with Gasteiger partial charge in [-0.05, 0) is 44.4 Å². The Kier molecular flexibility index (Phi) is 4.59. The molecule has 1 heterocycles. The van der Waals surface area contributed by atoms with Crippen LogP contribution >= 0.6 is 11.6 Å². The van der Waals surface area contributed by atoms with Crippen LogP contribution in [0, 0.1) is 11.3 Å². The van der Waals surface area contributed by atoms with Crippen molar-refractivity contribution >= 4 is 21.6 Å². The van der Waals surface area contributed by atoms with Crippen molar-refractivity contribution in [3.63, 3.8) is 0 Å². The van der Waals surface area contributed by atoms with Crippen molar-refractivity contribution in [2.24, 2.45) is 0 Å². The molecule has 0 saturated carbocycles. The van der Waals surface area contributed by atoms with E-state index < -0.39 is 15.6 Å². The van der Waals surface area contributed by atoms with Gasteiger partial charge >= 0.3 is 0 Å². The number of aliphatic hydroxyl groups is 1. The first-order valence-corrected chi connectivity index (χ1v) is 8.50. The van der Waals surface area contributed by atoms with Crippen LogP contribution in [0.3, 0.4) is 0 Å². The molecule has 1 aliphatic heterocycles. The summed E-state index contributed by atoms with van der Waals surface area (Å²) in [6.07, 6.45) is 1.58. The normalized spacial score (nSPS) is 24.3. The molecule has 0 amide bonds. The minimum atomic E-state index is -3.65. The van der Waals surface area contributed by atoms with Gasteiger partial charge in [0.15, 0.2) is 0 Å². The highest BCUT2D eigenvalue weighted by Gasteiger charge is 2.31. The SMILES string of the molecule is CC1(O)CCCN(S(=O)(=O)c2ccc(C#N)c(Cl)c2)CC1. The Balaban J connectivity index is 2.30. The van der Waals surface area contributed by atoms with Gasteiger partial charge in [0.1, 0.15) is 6.07 Å². The van der Waals surface area contributed by atoms with Crippen molar-refractivity contribution in [3.05, 3.63) is 28.8 Å². The Morgan fingerprint density at radius 2 is 2.10 bits per heavy atom. The van der Waals surface area contributed by atoms with E-state index >= 15 is 0 Å². The van der Waals surface area contributed by atoms with Crippen LogP contribution < -0.4 is 0 Å². The Morgan fingerprint density at radius 3 is 2.71 bits per heavy atom. The van der Waals surface area contributed by atoms with Crippen LogP contribution in [0.2, 0.25) is 5.02 Å². The topological polar surface area (TPSA) is 81.4 Å². The number of nitriles is 1. The Hall–Kier alpha value is -1.13. The zero-order valence-electron chi connectivity index (χ0n) is 11.7. The fourth-order valence-corrected chi connectivity index (χ4v) is 4.17. The van der Waals surface area contributed by atoms with E-state index in [1.165, 1.54) is 22.5 Å². The molecule has 0 aromatic heterocycles. The minimum Gasteiger partial charge on any atom is -0.390 e. The smallest absolute Gasteiger partial charge is 0.243 e. The monoisotopic (exact) mass is 328 g/mol. The summed E-state index contributed by atoms with van der Waals surface area (Å²) < 4.78 is 26.6. The lowest BCUT2D eigenvalue weighted by atomic mass is 9.98. The van der Waals surface area contributed by atoms with E-state index in [9.17, 15) is 13.5 Å². The van der Waals surface area contributed by atoms with Gasteiger partial charge < -0.3 is 5.11 Å². The Labute approximate surface area is 129 Å². The van der Waals surface area contributed by atoms with Gasteiger partial charge in [-0.25, -0.2) is 8.42 Å². The van der Waals surface area contributed by atoms with Gasteiger partial charge in [-0.1, -0.05) is 11.6 Å². The highest BCUT2D eigenvalue weighted by atomic mass is 35.5. The number of nitrogens with zero attached hydrogens (tertiary/aromatic N) is 2. The van der Waals surface area contributed by atoms with Crippen LogP contribution in [0.1, 0.15) is 31.7 Å². The van der Waals surface area contributed by atoms with Crippen molar-refractivity contribution in [1.82, 2.24) is 4.31 Å². The molecule has 1 aromatic carbocycles. The summed E-state index contributed by atoms with van der Waals surface area (Å²) in [5.41, 5.74) is -0.582. The third-order valence-electron chi connectivity index (χ3n) is 3.72. The molecule has 0 aliphatic carbocycles. The lowest BCUT2D eigenvalue weighted by Crippen LogP contribution is -2.33. The molecule has 1 atom stereocenters. The standard InChI is InChI=1S/C14H17ClN2O3S/c1-14(18)5-2-7-17(8-6-14)21(19,20)12-4-3-11(10-16)13(15)9-12/h3-4,9,18H,2,5-8H2,1H3. The fraction of sp³-hybridized carbons (Fsp3) is 0.500. The second-order valence-corrected chi connectivity index (χ2v) is 7.85. The molecule has 1 fully saturated rings. The van der Waals surface area contributed by atoms with E-state index in [4.69, 9.17) is 16.9 Å². The first kappa shape index (κ1) is 16.2. The van der Waals surface area contributed by atoms with Crippen LogP contribution in [0.25, 0.3) is 0 Å². The van der Waals surface area contributed by atoms with Crippen LogP contribution in [0.4, 0.5) is 0 Å². The summed E-state index contributed by atoms with van der Waals surface area (Å²) in [6, 6.07) is 6.00. The number of halogens is 1. The molecule has 1 aliphatic rings. The number of benzene rings is 1. The molecule has 0 bridgehead atoms. The van der Waals surface area contributed by atoms with Crippen LogP contribution in [0.5, 0.6) is 0 Å². The van der Waals surface area contributed by atoms with Crippen molar-refractivity contribution in [3.8, 4) is 6.07 Å². The van der Waals surface area contributed by atoms with Crippen LogP contribution in [0.15, 0.2) is 23.1 Å². The third kappa shape index (κ3) is 3.55. The van der Waals surface area contributed by atoms with E-state index in [2.05, 4.69) is 0 Å². The molecular formula is C14H17ClN2O3S. The predicted molar refractivity (Wildman–Crippen MR) is 79.4 cm³/mol. The average molecular weight is 329 g/mol. The Bertz CT molecular complexity index is 680. The number of rotatable bonds is 2. The van der Waals surface area contributed by atoms with E-state index in [-0.39, 0.29) is 22.0 Å². The van der Waals surface area contributed by atoms with Crippen molar-refractivity contribution in [2.45, 2.75) is 36.7 Å². The number of sulfonamides is 1. The molecule has 114 valence electrons. The average Bonchev–Trinajstić information content (AvgIpc) is 2.60. The summed E-state index contributed by atoms with van der Waals surface area (Å²) in [5.74, 6) is 0. The number of hydrogen-bond donors (Lipinski definition) is 1. The summed E-state index contributed by atoms with van der Waals surface area (Å²) in [6.45, 7) is 2.37. The molecule has 21 heavy (non-hydrogen) atoms. The molecule has 1 unspecified atom stereocenters. The molecule has 2 rings (SSSR count). The van der Waals surface area contributed by atoms with E-state index in [0.717, 1.165) is 0 Å². The van der Waals surface area contributed by atoms with Gasteiger partial charge in [0, 0.05) is 13.1 Å². The quantitative estimate of drug-likeness (QED) is 0.901. The zero-order valence-corrected chi connectivity index (χ0v) is 13.3. The molecule has 1 N–H and O–H groups in total. The molecule has 0 radical (unpaired) electrons. The van der Waals surface area contributed by atoms with E-state index in [1.54, 1.807) is 6.92 Å². The van der Waals surface area contributed by atoms with E-state index in [1.807, 2.05) is 6.07 Å². The maximum atomic E-state index is 12.6. The maximum absolute atomic E-state index is 12.6. The fourth-order valence-electron chi connectivity index (χ4n) is 2.37. The van der Waals surface area contributed by atoms with Gasteiger partial charge in [0.2, 0.25) is 10.0 Å². The largest absolute Gasteiger partial charge is 0.390 e. The minimum absolute atomic E-state index is 0.0769. The summed E-state index contributed by atoms with van der Waals surface area (Å²) in [7, 11) is -3.65.